The molecule has 1 aliphatic rings. The molecule has 0 aromatic heterocycles. The second-order valence-electron chi connectivity index (χ2n) is 5.20. The van der Waals surface area contributed by atoms with Crippen molar-refractivity contribution in [3.05, 3.63) is 0 Å². The fourth-order valence-corrected chi connectivity index (χ4v) is 2.12. The highest BCUT2D eigenvalue weighted by molar-refractivity contribution is 5.84. The number of hydrogen-bond acceptors (Lipinski definition) is 6. The second kappa shape index (κ2) is 13.0. The molecule has 0 spiro atoms. The predicted octanol–water partition coefficient (Wildman–Crippen LogP) is 1.76. The third kappa shape index (κ3) is 9.79. The second-order valence-corrected chi connectivity index (χ2v) is 5.20. The van der Waals surface area contributed by atoms with Gasteiger partial charge in [0.1, 0.15) is 0 Å². The van der Waals surface area contributed by atoms with Gasteiger partial charge in [0.15, 0.2) is 0 Å². The smallest absolute Gasteiger partial charge is 0.0701 e. The Bertz CT molecular complexity index is 264. The summed E-state index contributed by atoms with van der Waals surface area (Å²) in [5.74, 6) is 0. The van der Waals surface area contributed by atoms with Crippen molar-refractivity contribution < 1.29 is 19.4 Å². The molecule has 0 atom stereocenters. The maximum atomic E-state index is 8.68. The van der Waals surface area contributed by atoms with Crippen LogP contribution in [-0.2, 0) is 14.2 Å². The third-order valence-corrected chi connectivity index (χ3v) is 3.51. The molecule has 0 unspecified atom stereocenters. The van der Waals surface area contributed by atoms with Crippen LogP contribution in [0.1, 0.15) is 32.6 Å². The number of unbranched alkanes of at least 4 members (excludes halogenated alkanes) is 1. The van der Waals surface area contributed by atoms with Gasteiger partial charge in [0, 0.05) is 39.1 Å². The van der Waals surface area contributed by atoms with Gasteiger partial charge in [-0.05, 0) is 6.42 Å². The number of nitrogens with zero attached hydrogens (tertiary/aromatic N) is 2. The Kier molecular flexibility index (Phi) is 11.4. The molecule has 0 aromatic carbocycles. The molecule has 0 amide bonds. The van der Waals surface area contributed by atoms with Gasteiger partial charge in [-0.25, -0.2) is 0 Å². The molecule has 1 fully saturated rings. The standard InChI is InChI=1S/C15H30N2O4/c1-2-3-9-19-11-13-21-14-12-20-10-8-17-6-4-15(16-18)5-7-17/h18H,2-14H2,1H3. The summed E-state index contributed by atoms with van der Waals surface area (Å²) in [5.41, 5.74) is 0.904. The van der Waals surface area contributed by atoms with Crippen molar-refractivity contribution >= 4 is 5.71 Å². The zero-order valence-electron chi connectivity index (χ0n) is 13.3. The lowest BCUT2D eigenvalue weighted by molar-refractivity contribution is 0.0101. The molecule has 0 saturated carbocycles. The molecule has 1 heterocycles. The van der Waals surface area contributed by atoms with Crippen LogP contribution in [-0.4, -0.2) is 75.1 Å². The summed E-state index contributed by atoms with van der Waals surface area (Å²) in [7, 11) is 0. The van der Waals surface area contributed by atoms with Gasteiger partial charge in [0.05, 0.1) is 38.7 Å². The molecule has 1 aliphatic heterocycles. The van der Waals surface area contributed by atoms with Crippen molar-refractivity contribution in [2.24, 2.45) is 5.16 Å². The quantitative estimate of drug-likeness (QED) is 0.338. The highest BCUT2D eigenvalue weighted by Gasteiger charge is 2.14. The summed E-state index contributed by atoms with van der Waals surface area (Å²) in [6.45, 7) is 9.11. The lowest BCUT2D eigenvalue weighted by Gasteiger charge is -2.26. The molecule has 0 bridgehead atoms. The van der Waals surface area contributed by atoms with Gasteiger partial charge in [-0.1, -0.05) is 18.5 Å². The van der Waals surface area contributed by atoms with Crippen molar-refractivity contribution in [2.45, 2.75) is 32.6 Å². The van der Waals surface area contributed by atoms with E-state index in [2.05, 4.69) is 17.0 Å². The van der Waals surface area contributed by atoms with Crippen LogP contribution in [0.15, 0.2) is 5.16 Å². The predicted molar refractivity (Wildman–Crippen MR) is 82.3 cm³/mol. The van der Waals surface area contributed by atoms with Crippen LogP contribution in [0.25, 0.3) is 0 Å². The zero-order valence-corrected chi connectivity index (χ0v) is 13.3. The molecule has 6 heteroatoms. The monoisotopic (exact) mass is 302 g/mol. The molecule has 0 radical (unpaired) electrons. The number of ether oxygens (including phenoxy) is 3. The lowest BCUT2D eigenvalue weighted by Crippen LogP contribution is -2.36. The van der Waals surface area contributed by atoms with E-state index in [1.165, 1.54) is 6.42 Å². The van der Waals surface area contributed by atoms with Crippen molar-refractivity contribution in [3.63, 3.8) is 0 Å². The molecular formula is C15H30N2O4. The summed E-state index contributed by atoms with van der Waals surface area (Å²) >= 11 is 0. The molecule has 1 rings (SSSR count). The Labute approximate surface area is 128 Å². The Morgan fingerprint density at radius 1 is 0.952 bits per heavy atom. The maximum Gasteiger partial charge on any atom is 0.0701 e. The fourth-order valence-electron chi connectivity index (χ4n) is 2.12. The minimum atomic E-state index is 0.623. The number of piperidine rings is 1. The summed E-state index contributed by atoms with van der Waals surface area (Å²) in [6.07, 6.45) is 4.00. The zero-order chi connectivity index (χ0) is 15.2. The first-order chi connectivity index (χ1) is 10.4. The van der Waals surface area contributed by atoms with Crippen LogP contribution >= 0.6 is 0 Å². The largest absolute Gasteiger partial charge is 0.411 e. The molecule has 6 nitrogen and oxygen atoms in total. The molecular weight excluding hydrogens is 272 g/mol. The SMILES string of the molecule is CCCCOCCOCCOCCN1CCC(=NO)CC1. The van der Waals surface area contributed by atoms with Crippen molar-refractivity contribution in [1.29, 1.82) is 0 Å². The number of oxime groups is 1. The van der Waals surface area contributed by atoms with Crippen LogP contribution in [0.5, 0.6) is 0 Å². The third-order valence-electron chi connectivity index (χ3n) is 3.51. The van der Waals surface area contributed by atoms with E-state index in [1.807, 2.05) is 0 Å². The lowest BCUT2D eigenvalue weighted by atomic mass is 10.1. The molecule has 0 aliphatic carbocycles. The van der Waals surface area contributed by atoms with Crippen LogP contribution in [0.4, 0.5) is 0 Å². The highest BCUT2D eigenvalue weighted by Crippen LogP contribution is 2.06. The van der Waals surface area contributed by atoms with Gasteiger partial charge in [0.25, 0.3) is 0 Å². The number of hydrogen-bond donors (Lipinski definition) is 1. The molecule has 21 heavy (non-hydrogen) atoms. The Morgan fingerprint density at radius 2 is 1.52 bits per heavy atom. The Balaban J connectivity index is 1.79. The van der Waals surface area contributed by atoms with Crippen LogP contribution in [0, 0.1) is 0 Å². The maximum absolute atomic E-state index is 8.68. The minimum absolute atomic E-state index is 0.623. The van der Waals surface area contributed by atoms with Crippen LogP contribution in [0.2, 0.25) is 0 Å². The average Bonchev–Trinajstić information content (AvgIpc) is 2.53. The summed E-state index contributed by atoms with van der Waals surface area (Å²) < 4.78 is 16.4. The minimum Gasteiger partial charge on any atom is -0.411 e. The molecule has 0 aromatic rings. The average molecular weight is 302 g/mol. The molecule has 124 valence electrons. The highest BCUT2D eigenvalue weighted by atomic mass is 16.5. The summed E-state index contributed by atoms with van der Waals surface area (Å²) in [6, 6.07) is 0. The van der Waals surface area contributed by atoms with Gasteiger partial charge in [-0.2, -0.15) is 0 Å². The number of likely N-dealkylation sites (tertiary alicyclic amines) is 1. The van der Waals surface area contributed by atoms with E-state index >= 15 is 0 Å². The van der Waals surface area contributed by atoms with Crippen LogP contribution in [0.3, 0.4) is 0 Å². The Morgan fingerprint density at radius 3 is 2.10 bits per heavy atom. The van der Waals surface area contributed by atoms with E-state index in [-0.39, 0.29) is 0 Å². The van der Waals surface area contributed by atoms with E-state index in [1.54, 1.807) is 0 Å². The summed E-state index contributed by atoms with van der Waals surface area (Å²) in [4.78, 5) is 2.33. The van der Waals surface area contributed by atoms with Gasteiger partial charge in [-0.3, -0.25) is 0 Å². The normalized spacial score (nSPS) is 16.3. The van der Waals surface area contributed by atoms with E-state index in [9.17, 15) is 0 Å². The van der Waals surface area contributed by atoms with E-state index in [0.717, 1.165) is 57.8 Å². The summed E-state index contributed by atoms with van der Waals surface area (Å²) in [5, 5.41) is 12.0. The fraction of sp³-hybridized carbons (Fsp3) is 0.933. The first-order valence-electron chi connectivity index (χ1n) is 8.02. The molecule has 1 saturated heterocycles. The number of rotatable bonds is 12. The van der Waals surface area contributed by atoms with Crippen LogP contribution < -0.4 is 0 Å². The first-order valence-corrected chi connectivity index (χ1v) is 8.02. The van der Waals surface area contributed by atoms with E-state index < -0.39 is 0 Å². The van der Waals surface area contributed by atoms with E-state index in [0.29, 0.717) is 26.4 Å². The van der Waals surface area contributed by atoms with Crippen molar-refractivity contribution in [3.8, 4) is 0 Å². The topological polar surface area (TPSA) is 63.5 Å². The van der Waals surface area contributed by atoms with Gasteiger partial charge >= 0.3 is 0 Å². The molecule has 1 N–H and O–H groups in total. The van der Waals surface area contributed by atoms with Crippen molar-refractivity contribution in [2.75, 3.05) is 59.3 Å². The Hall–Kier alpha value is -0.690. The van der Waals surface area contributed by atoms with Gasteiger partial charge < -0.3 is 24.3 Å². The van der Waals surface area contributed by atoms with E-state index in [4.69, 9.17) is 19.4 Å². The van der Waals surface area contributed by atoms with Crippen molar-refractivity contribution in [1.82, 2.24) is 4.90 Å². The first kappa shape index (κ1) is 18.4. The van der Waals surface area contributed by atoms with Gasteiger partial charge in [-0.15, -0.1) is 0 Å². The van der Waals surface area contributed by atoms with Gasteiger partial charge in [0.2, 0.25) is 0 Å².